The summed E-state index contributed by atoms with van der Waals surface area (Å²) in [6, 6.07) is 5.70. The second-order valence-corrected chi connectivity index (χ2v) is 4.71. The molecule has 6 heteroatoms. The minimum absolute atomic E-state index is 0.170. The first-order chi connectivity index (χ1) is 9.80. The van der Waals surface area contributed by atoms with E-state index in [0.29, 0.717) is 23.2 Å². The zero-order valence-electron chi connectivity index (χ0n) is 11.5. The summed E-state index contributed by atoms with van der Waals surface area (Å²) in [4.78, 5) is 4.46. The number of ether oxygens (including phenoxy) is 2. The lowest BCUT2D eigenvalue weighted by Crippen LogP contribution is -2.12. The Kier molecular flexibility index (Phi) is 3.56. The maximum Gasteiger partial charge on any atom is 0.244 e. The molecule has 1 fully saturated rings. The third-order valence-corrected chi connectivity index (χ3v) is 3.41. The molecule has 20 heavy (non-hydrogen) atoms. The van der Waals surface area contributed by atoms with Crippen LogP contribution in [-0.4, -0.2) is 30.9 Å². The van der Waals surface area contributed by atoms with E-state index in [1.54, 1.807) is 14.2 Å². The van der Waals surface area contributed by atoms with Gasteiger partial charge in [0.25, 0.3) is 0 Å². The lowest BCUT2D eigenvalue weighted by Gasteiger charge is -2.05. The monoisotopic (exact) mass is 275 g/mol. The molecule has 1 N–H and O–H groups in total. The van der Waals surface area contributed by atoms with Crippen molar-refractivity contribution in [3.8, 4) is 22.9 Å². The second kappa shape index (κ2) is 5.50. The summed E-state index contributed by atoms with van der Waals surface area (Å²) >= 11 is 0. The minimum Gasteiger partial charge on any atom is -0.497 e. The van der Waals surface area contributed by atoms with Crippen LogP contribution < -0.4 is 14.8 Å². The average molecular weight is 275 g/mol. The molecule has 2 aromatic rings. The van der Waals surface area contributed by atoms with Crippen LogP contribution in [-0.2, 0) is 0 Å². The van der Waals surface area contributed by atoms with E-state index < -0.39 is 0 Å². The van der Waals surface area contributed by atoms with Crippen molar-refractivity contribution in [3.05, 3.63) is 24.1 Å². The van der Waals surface area contributed by atoms with Crippen LogP contribution >= 0.6 is 0 Å². The highest BCUT2D eigenvalue weighted by Gasteiger charge is 2.22. The Morgan fingerprint density at radius 1 is 1.20 bits per heavy atom. The van der Waals surface area contributed by atoms with Gasteiger partial charge in [0.1, 0.15) is 11.5 Å². The SMILES string of the molecule is COc1cc(OC)cc(-c2noc([C@H]3CCCN3)n2)c1. The fourth-order valence-corrected chi connectivity index (χ4v) is 2.33. The molecule has 1 aromatic carbocycles. The molecule has 0 aliphatic carbocycles. The van der Waals surface area contributed by atoms with Gasteiger partial charge >= 0.3 is 0 Å². The van der Waals surface area contributed by atoms with E-state index in [0.717, 1.165) is 24.9 Å². The molecule has 0 spiro atoms. The van der Waals surface area contributed by atoms with E-state index in [1.165, 1.54) is 0 Å². The topological polar surface area (TPSA) is 69.4 Å². The number of nitrogens with one attached hydrogen (secondary N) is 1. The van der Waals surface area contributed by atoms with E-state index in [1.807, 2.05) is 18.2 Å². The molecule has 106 valence electrons. The highest BCUT2D eigenvalue weighted by molar-refractivity contribution is 5.60. The second-order valence-electron chi connectivity index (χ2n) is 4.71. The van der Waals surface area contributed by atoms with Gasteiger partial charge in [-0.2, -0.15) is 4.98 Å². The zero-order valence-corrected chi connectivity index (χ0v) is 11.5. The van der Waals surface area contributed by atoms with Crippen molar-refractivity contribution in [2.24, 2.45) is 0 Å². The van der Waals surface area contributed by atoms with Gasteiger partial charge in [0.2, 0.25) is 11.7 Å². The Morgan fingerprint density at radius 2 is 1.95 bits per heavy atom. The van der Waals surface area contributed by atoms with Crippen LogP contribution in [0.1, 0.15) is 24.8 Å². The molecule has 1 aliphatic rings. The van der Waals surface area contributed by atoms with Crippen LogP contribution in [0.4, 0.5) is 0 Å². The highest BCUT2D eigenvalue weighted by Crippen LogP contribution is 2.29. The summed E-state index contributed by atoms with van der Waals surface area (Å²) in [6.45, 7) is 0.995. The summed E-state index contributed by atoms with van der Waals surface area (Å²) in [7, 11) is 3.23. The molecule has 1 atom stereocenters. The Labute approximate surface area is 117 Å². The Hall–Kier alpha value is -2.08. The Bertz CT molecular complexity index is 569. The van der Waals surface area contributed by atoms with Gasteiger partial charge in [-0.15, -0.1) is 0 Å². The fraction of sp³-hybridized carbons (Fsp3) is 0.429. The molecule has 2 heterocycles. The van der Waals surface area contributed by atoms with Crippen LogP contribution in [0.5, 0.6) is 11.5 Å². The number of rotatable bonds is 4. The van der Waals surface area contributed by atoms with Gasteiger partial charge in [-0.3, -0.25) is 0 Å². The average Bonchev–Trinajstić information content (AvgIpc) is 3.17. The van der Waals surface area contributed by atoms with Gasteiger partial charge in [0, 0.05) is 11.6 Å². The number of hydrogen-bond donors (Lipinski definition) is 1. The molecule has 1 aromatic heterocycles. The molecule has 0 radical (unpaired) electrons. The normalized spacial score (nSPS) is 18.2. The first-order valence-electron chi connectivity index (χ1n) is 6.60. The van der Waals surface area contributed by atoms with Crippen molar-refractivity contribution in [1.29, 1.82) is 0 Å². The molecular formula is C14H17N3O3. The maximum atomic E-state index is 5.34. The summed E-state index contributed by atoms with van der Waals surface area (Å²) < 4.78 is 15.8. The minimum atomic E-state index is 0.170. The Morgan fingerprint density at radius 3 is 2.55 bits per heavy atom. The third-order valence-electron chi connectivity index (χ3n) is 3.41. The van der Waals surface area contributed by atoms with E-state index in [-0.39, 0.29) is 6.04 Å². The zero-order chi connectivity index (χ0) is 13.9. The van der Waals surface area contributed by atoms with Gasteiger partial charge < -0.3 is 19.3 Å². The highest BCUT2D eigenvalue weighted by atomic mass is 16.5. The molecule has 1 saturated heterocycles. The standard InChI is InChI=1S/C14H17N3O3/c1-18-10-6-9(7-11(8-10)19-2)13-16-14(20-17-13)12-4-3-5-15-12/h6-8,12,15H,3-5H2,1-2H3/t12-/m1/s1. The first kappa shape index (κ1) is 12.9. The van der Waals surface area contributed by atoms with E-state index in [9.17, 15) is 0 Å². The molecular weight excluding hydrogens is 258 g/mol. The quantitative estimate of drug-likeness (QED) is 0.922. The number of methoxy groups -OCH3 is 2. The Balaban J connectivity index is 1.92. The van der Waals surface area contributed by atoms with Crippen LogP contribution in [0.25, 0.3) is 11.4 Å². The summed E-state index contributed by atoms with van der Waals surface area (Å²) in [5.74, 6) is 2.58. The summed E-state index contributed by atoms with van der Waals surface area (Å²) in [5.41, 5.74) is 0.814. The fourth-order valence-electron chi connectivity index (χ4n) is 2.33. The van der Waals surface area contributed by atoms with Crippen LogP contribution in [0.2, 0.25) is 0 Å². The van der Waals surface area contributed by atoms with Crippen molar-refractivity contribution >= 4 is 0 Å². The molecule has 0 amide bonds. The number of hydrogen-bond acceptors (Lipinski definition) is 6. The van der Waals surface area contributed by atoms with Crippen molar-refractivity contribution in [2.45, 2.75) is 18.9 Å². The molecule has 0 saturated carbocycles. The van der Waals surface area contributed by atoms with Crippen molar-refractivity contribution in [2.75, 3.05) is 20.8 Å². The van der Waals surface area contributed by atoms with Gasteiger partial charge in [0.15, 0.2) is 0 Å². The van der Waals surface area contributed by atoms with Crippen LogP contribution in [0.3, 0.4) is 0 Å². The van der Waals surface area contributed by atoms with E-state index in [4.69, 9.17) is 14.0 Å². The third kappa shape index (κ3) is 2.46. The van der Waals surface area contributed by atoms with Crippen LogP contribution in [0.15, 0.2) is 22.7 Å². The number of aromatic nitrogens is 2. The van der Waals surface area contributed by atoms with E-state index in [2.05, 4.69) is 15.5 Å². The van der Waals surface area contributed by atoms with E-state index >= 15 is 0 Å². The van der Waals surface area contributed by atoms with Gasteiger partial charge in [-0.1, -0.05) is 5.16 Å². The van der Waals surface area contributed by atoms with Gasteiger partial charge in [-0.25, -0.2) is 0 Å². The summed E-state index contributed by atoms with van der Waals surface area (Å²) in [5, 5.41) is 7.38. The molecule has 1 aliphatic heterocycles. The van der Waals surface area contributed by atoms with Crippen molar-refractivity contribution < 1.29 is 14.0 Å². The van der Waals surface area contributed by atoms with Crippen molar-refractivity contribution in [1.82, 2.24) is 15.5 Å². The van der Waals surface area contributed by atoms with Crippen molar-refractivity contribution in [3.63, 3.8) is 0 Å². The molecule has 0 unspecified atom stereocenters. The van der Waals surface area contributed by atoms with Crippen LogP contribution in [0, 0.1) is 0 Å². The number of nitrogens with zero attached hydrogens (tertiary/aromatic N) is 2. The smallest absolute Gasteiger partial charge is 0.244 e. The maximum absolute atomic E-state index is 5.34. The lowest BCUT2D eigenvalue weighted by atomic mass is 10.2. The predicted molar refractivity (Wildman–Crippen MR) is 72.8 cm³/mol. The lowest BCUT2D eigenvalue weighted by molar-refractivity contribution is 0.345. The number of benzene rings is 1. The molecule has 6 nitrogen and oxygen atoms in total. The summed E-state index contributed by atoms with van der Waals surface area (Å²) in [6.07, 6.45) is 2.17. The molecule has 0 bridgehead atoms. The predicted octanol–water partition coefficient (Wildman–Crippen LogP) is 2.18. The van der Waals surface area contributed by atoms with Gasteiger partial charge in [0.05, 0.1) is 20.3 Å². The van der Waals surface area contributed by atoms with Gasteiger partial charge in [-0.05, 0) is 31.5 Å². The largest absolute Gasteiger partial charge is 0.497 e. The first-order valence-corrected chi connectivity index (χ1v) is 6.60. The molecule has 3 rings (SSSR count).